The number of ether oxygens (including phenoxy) is 1. The molecule has 10 nitrogen and oxygen atoms in total. The van der Waals surface area contributed by atoms with Crippen molar-refractivity contribution in [3.63, 3.8) is 0 Å². The third-order valence-corrected chi connectivity index (χ3v) is 5.65. The summed E-state index contributed by atoms with van der Waals surface area (Å²) in [5, 5.41) is 14.3. The van der Waals surface area contributed by atoms with Crippen LogP contribution < -0.4 is 21.3 Å². The molecule has 0 aliphatic heterocycles. The van der Waals surface area contributed by atoms with Gasteiger partial charge in [-0.15, -0.1) is 0 Å². The molecule has 0 aliphatic rings. The number of hydrogen-bond donors (Lipinski definition) is 1. The maximum atomic E-state index is 13.7. The first kappa shape index (κ1) is 23.4. The highest BCUT2D eigenvalue weighted by atomic mass is 16.6. The van der Waals surface area contributed by atoms with Crippen LogP contribution >= 0.6 is 0 Å². The number of carbonyl (C=O) groups is 1. The molecule has 4 rings (SSSR count). The first-order chi connectivity index (χ1) is 16.8. The summed E-state index contributed by atoms with van der Waals surface area (Å²) in [7, 11) is 1.54. The Hall–Kier alpha value is -4.73. The Morgan fingerprint density at radius 2 is 1.77 bits per heavy atom. The number of nitro benzene ring substituents is 1. The highest BCUT2D eigenvalue weighted by Gasteiger charge is 2.25. The standard InChI is InChI=1S/C25H22N4O6/c1-3-21(23(30)26-16-11-13-19(35-2)14-12-16)28-22-10-5-4-9-20(22)24(31)27(25(28)32)17-7-6-8-18(15-17)29(33)34/h4-15,21H,3H2,1-2H3,(H,26,30)/t21-/m1/s1. The fourth-order valence-corrected chi connectivity index (χ4v) is 3.94. The van der Waals surface area contributed by atoms with E-state index in [1.165, 1.54) is 29.9 Å². The molecule has 0 fully saturated rings. The molecule has 0 spiro atoms. The number of aromatic nitrogens is 2. The van der Waals surface area contributed by atoms with Gasteiger partial charge in [-0.3, -0.25) is 24.3 Å². The molecule has 3 aromatic carbocycles. The summed E-state index contributed by atoms with van der Waals surface area (Å²) in [5.41, 5.74) is -0.824. The number of fused-ring (bicyclic) bond motifs is 1. The van der Waals surface area contributed by atoms with Crippen LogP contribution in [-0.4, -0.2) is 27.1 Å². The number of nitrogens with zero attached hydrogens (tertiary/aromatic N) is 3. The Morgan fingerprint density at radius 1 is 1.06 bits per heavy atom. The number of methoxy groups -OCH3 is 1. The molecule has 0 bridgehead atoms. The Balaban J connectivity index is 1.89. The Bertz CT molecular complexity index is 1540. The van der Waals surface area contributed by atoms with Crippen molar-refractivity contribution >= 4 is 28.2 Å². The Kier molecular flexibility index (Phi) is 6.45. The van der Waals surface area contributed by atoms with E-state index in [1.54, 1.807) is 55.5 Å². The molecule has 0 saturated carbocycles. The van der Waals surface area contributed by atoms with E-state index in [0.717, 1.165) is 10.6 Å². The van der Waals surface area contributed by atoms with Crippen LogP contribution in [0.2, 0.25) is 0 Å². The van der Waals surface area contributed by atoms with Gasteiger partial charge in [0.1, 0.15) is 11.8 Å². The van der Waals surface area contributed by atoms with Gasteiger partial charge in [0.05, 0.1) is 28.6 Å². The maximum Gasteiger partial charge on any atom is 0.336 e. The van der Waals surface area contributed by atoms with Crippen LogP contribution in [0.1, 0.15) is 19.4 Å². The van der Waals surface area contributed by atoms with Crippen molar-refractivity contribution in [3.8, 4) is 11.4 Å². The van der Waals surface area contributed by atoms with Gasteiger partial charge in [0.2, 0.25) is 5.91 Å². The van der Waals surface area contributed by atoms with Crippen LogP contribution in [0, 0.1) is 10.1 Å². The fourth-order valence-electron chi connectivity index (χ4n) is 3.94. The van der Waals surface area contributed by atoms with Crippen LogP contribution in [0.25, 0.3) is 16.6 Å². The number of nitrogens with one attached hydrogen (secondary N) is 1. The molecule has 10 heteroatoms. The van der Waals surface area contributed by atoms with Crippen molar-refractivity contribution in [1.82, 2.24) is 9.13 Å². The van der Waals surface area contributed by atoms with Crippen LogP contribution in [0.15, 0.2) is 82.4 Å². The van der Waals surface area contributed by atoms with Gasteiger partial charge in [-0.25, -0.2) is 9.36 Å². The second-order valence-electron chi connectivity index (χ2n) is 7.73. The van der Waals surface area contributed by atoms with E-state index in [2.05, 4.69) is 5.32 Å². The largest absolute Gasteiger partial charge is 0.497 e. The van der Waals surface area contributed by atoms with Crippen LogP contribution in [-0.2, 0) is 4.79 Å². The second kappa shape index (κ2) is 9.64. The summed E-state index contributed by atoms with van der Waals surface area (Å²) in [6.07, 6.45) is 0.249. The van der Waals surface area contributed by atoms with E-state index in [0.29, 0.717) is 17.0 Å². The topological polar surface area (TPSA) is 125 Å². The maximum absolute atomic E-state index is 13.7. The summed E-state index contributed by atoms with van der Waals surface area (Å²) >= 11 is 0. The van der Waals surface area contributed by atoms with Gasteiger partial charge in [0.15, 0.2) is 0 Å². The Morgan fingerprint density at radius 3 is 2.43 bits per heavy atom. The third kappa shape index (κ3) is 4.41. The summed E-state index contributed by atoms with van der Waals surface area (Å²) in [6.45, 7) is 1.75. The third-order valence-electron chi connectivity index (χ3n) is 5.65. The number of rotatable bonds is 7. The molecule has 4 aromatic rings. The molecule has 0 radical (unpaired) electrons. The van der Waals surface area contributed by atoms with Gasteiger partial charge >= 0.3 is 5.69 Å². The number of anilines is 1. The van der Waals surface area contributed by atoms with Gasteiger partial charge in [-0.05, 0) is 48.9 Å². The molecular formula is C25H22N4O6. The Labute approximate surface area is 199 Å². The molecule has 1 atom stereocenters. The molecular weight excluding hydrogens is 452 g/mol. The average molecular weight is 474 g/mol. The van der Waals surface area contributed by atoms with Crippen molar-refractivity contribution < 1.29 is 14.5 Å². The normalized spacial score (nSPS) is 11.7. The molecule has 1 N–H and O–H groups in total. The lowest BCUT2D eigenvalue weighted by Gasteiger charge is -2.21. The van der Waals surface area contributed by atoms with Gasteiger partial charge in [0.25, 0.3) is 11.2 Å². The van der Waals surface area contributed by atoms with E-state index < -0.39 is 28.1 Å². The monoisotopic (exact) mass is 474 g/mol. The molecule has 1 aromatic heterocycles. The van der Waals surface area contributed by atoms with Gasteiger partial charge in [0, 0.05) is 17.8 Å². The zero-order chi connectivity index (χ0) is 25.1. The lowest BCUT2D eigenvalue weighted by Crippen LogP contribution is -2.43. The lowest BCUT2D eigenvalue weighted by molar-refractivity contribution is -0.384. The van der Waals surface area contributed by atoms with Crippen molar-refractivity contribution in [1.29, 1.82) is 0 Å². The number of para-hydroxylation sites is 1. The molecule has 0 saturated heterocycles. The van der Waals surface area contributed by atoms with Gasteiger partial charge in [-0.2, -0.15) is 0 Å². The van der Waals surface area contributed by atoms with E-state index in [4.69, 9.17) is 4.74 Å². The van der Waals surface area contributed by atoms with E-state index in [-0.39, 0.29) is 23.2 Å². The van der Waals surface area contributed by atoms with Crippen molar-refractivity contribution in [2.45, 2.75) is 19.4 Å². The molecule has 0 aliphatic carbocycles. The predicted molar refractivity (Wildman–Crippen MR) is 131 cm³/mol. The van der Waals surface area contributed by atoms with E-state index >= 15 is 0 Å². The number of carbonyl (C=O) groups excluding carboxylic acids is 1. The number of benzene rings is 3. The minimum absolute atomic E-state index is 0.0409. The van der Waals surface area contributed by atoms with Gasteiger partial charge < -0.3 is 10.1 Å². The summed E-state index contributed by atoms with van der Waals surface area (Å²) in [4.78, 5) is 50.9. The molecule has 1 amide bonds. The number of nitro groups is 1. The van der Waals surface area contributed by atoms with Crippen LogP contribution in [0.4, 0.5) is 11.4 Å². The van der Waals surface area contributed by atoms with Crippen molar-refractivity contribution in [3.05, 3.63) is 104 Å². The summed E-state index contributed by atoms with van der Waals surface area (Å²) < 4.78 is 7.25. The number of non-ortho nitro benzene ring substituents is 1. The first-order valence-corrected chi connectivity index (χ1v) is 10.8. The van der Waals surface area contributed by atoms with Gasteiger partial charge in [-0.1, -0.05) is 25.1 Å². The van der Waals surface area contributed by atoms with Crippen LogP contribution in [0.3, 0.4) is 0 Å². The zero-order valence-corrected chi connectivity index (χ0v) is 19.0. The van der Waals surface area contributed by atoms with Crippen molar-refractivity contribution in [2.75, 3.05) is 12.4 Å². The molecule has 35 heavy (non-hydrogen) atoms. The SMILES string of the molecule is CC[C@H](C(=O)Nc1ccc(OC)cc1)n1c(=O)n(-c2cccc([N+](=O)[O-])c2)c(=O)c2ccccc21. The first-order valence-electron chi connectivity index (χ1n) is 10.8. The highest BCUT2D eigenvalue weighted by molar-refractivity contribution is 5.95. The zero-order valence-electron chi connectivity index (χ0n) is 19.0. The minimum Gasteiger partial charge on any atom is -0.497 e. The van der Waals surface area contributed by atoms with E-state index in [1.807, 2.05) is 0 Å². The summed E-state index contributed by atoms with van der Waals surface area (Å²) in [5.74, 6) is 0.176. The molecule has 0 unspecified atom stereocenters. The predicted octanol–water partition coefficient (Wildman–Crippen LogP) is 3.66. The highest BCUT2D eigenvalue weighted by Crippen LogP contribution is 2.22. The average Bonchev–Trinajstić information content (AvgIpc) is 2.87. The second-order valence-corrected chi connectivity index (χ2v) is 7.73. The molecule has 1 heterocycles. The van der Waals surface area contributed by atoms with E-state index in [9.17, 15) is 24.5 Å². The van der Waals surface area contributed by atoms with Crippen LogP contribution in [0.5, 0.6) is 5.75 Å². The molecule has 178 valence electrons. The fraction of sp³-hybridized carbons (Fsp3) is 0.160. The minimum atomic E-state index is -0.958. The van der Waals surface area contributed by atoms with Crippen molar-refractivity contribution in [2.24, 2.45) is 0 Å². The summed E-state index contributed by atoms with van der Waals surface area (Å²) in [6, 6.07) is 17.5. The number of hydrogen-bond acceptors (Lipinski definition) is 6. The number of amides is 1. The smallest absolute Gasteiger partial charge is 0.336 e. The lowest BCUT2D eigenvalue weighted by atomic mass is 10.1. The quantitative estimate of drug-likeness (QED) is 0.322.